The van der Waals surface area contributed by atoms with Crippen LogP contribution in [0.15, 0.2) is 24.3 Å². The van der Waals surface area contributed by atoms with Crippen molar-refractivity contribution in [1.82, 2.24) is 15.1 Å². The van der Waals surface area contributed by atoms with E-state index in [1.54, 1.807) is 18.2 Å². The van der Waals surface area contributed by atoms with Crippen LogP contribution >= 0.6 is 0 Å². The molecule has 1 aliphatic rings. The van der Waals surface area contributed by atoms with E-state index in [1.165, 1.54) is 18.9 Å². The lowest BCUT2D eigenvalue weighted by Gasteiger charge is -2.26. The second-order valence-electron chi connectivity index (χ2n) is 6.17. The highest BCUT2D eigenvalue weighted by Crippen LogP contribution is 2.19. The summed E-state index contributed by atoms with van der Waals surface area (Å²) in [6, 6.07) is 6.72. The summed E-state index contributed by atoms with van der Waals surface area (Å²) in [4.78, 5) is 26.1. The summed E-state index contributed by atoms with van der Waals surface area (Å²) in [5, 5.41) is 7.29. The predicted molar refractivity (Wildman–Crippen MR) is 90.8 cm³/mol. The van der Waals surface area contributed by atoms with Crippen LogP contribution in [0.4, 0.5) is 0 Å². The third-order valence-corrected chi connectivity index (χ3v) is 6.15. The van der Waals surface area contributed by atoms with Crippen molar-refractivity contribution in [2.24, 2.45) is 0 Å². The van der Waals surface area contributed by atoms with Crippen LogP contribution in [-0.4, -0.2) is 66.1 Å². The first-order valence-corrected chi connectivity index (χ1v) is 9.72. The maximum absolute atomic E-state index is 12.4. The van der Waals surface area contributed by atoms with Gasteiger partial charge in [-0.3, -0.25) is 9.89 Å². The van der Waals surface area contributed by atoms with E-state index in [1.807, 2.05) is 6.07 Å². The second kappa shape index (κ2) is 6.47. The van der Waals surface area contributed by atoms with Gasteiger partial charge in [0.25, 0.3) is 5.91 Å². The summed E-state index contributed by atoms with van der Waals surface area (Å²) in [6.45, 7) is 1.47. The molecule has 0 saturated carbocycles. The highest BCUT2D eigenvalue weighted by atomic mass is 32.2. The van der Waals surface area contributed by atoms with Crippen LogP contribution in [-0.2, 0) is 19.4 Å². The van der Waals surface area contributed by atoms with E-state index in [0.717, 1.165) is 0 Å². The van der Waals surface area contributed by atoms with Gasteiger partial charge in [-0.15, -0.1) is 0 Å². The minimum Gasteiger partial charge on any atom is -0.448 e. The molecule has 2 unspecified atom stereocenters. The van der Waals surface area contributed by atoms with Crippen molar-refractivity contribution >= 4 is 32.6 Å². The van der Waals surface area contributed by atoms with Crippen LogP contribution in [0, 0.1) is 0 Å². The number of nitrogens with zero attached hydrogens (tertiary/aromatic N) is 2. The van der Waals surface area contributed by atoms with Crippen LogP contribution in [0.25, 0.3) is 10.9 Å². The minimum absolute atomic E-state index is 0.0556. The number of sulfone groups is 1. The molecule has 2 atom stereocenters. The third kappa shape index (κ3) is 3.51. The molecule has 1 N–H and O–H groups in total. The fourth-order valence-electron chi connectivity index (χ4n) is 2.93. The molecule has 0 aliphatic carbocycles. The number of aromatic amines is 1. The van der Waals surface area contributed by atoms with Crippen LogP contribution in [0.1, 0.15) is 23.8 Å². The lowest BCUT2D eigenvalue weighted by molar-refractivity contribution is -0.140. The van der Waals surface area contributed by atoms with Crippen LogP contribution < -0.4 is 0 Å². The van der Waals surface area contributed by atoms with Crippen LogP contribution in [0.5, 0.6) is 0 Å². The molecule has 3 rings (SSSR count). The quantitative estimate of drug-likeness (QED) is 0.801. The van der Waals surface area contributed by atoms with E-state index in [0.29, 0.717) is 17.3 Å². The zero-order valence-corrected chi connectivity index (χ0v) is 14.7. The van der Waals surface area contributed by atoms with Crippen LogP contribution in [0.3, 0.4) is 0 Å². The van der Waals surface area contributed by atoms with Gasteiger partial charge in [-0.25, -0.2) is 13.2 Å². The maximum atomic E-state index is 12.4. The standard InChI is InChI=1S/C16H19N3O5S/c1-10(15(20)19(2)11-7-8-25(22,23)9-11)24-16(21)14-12-5-3-4-6-13(12)17-18-14/h3-6,10-11H,7-9H2,1-2H3,(H,17,18). The monoisotopic (exact) mass is 365 g/mol. The molecular weight excluding hydrogens is 346 g/mol. The summed E-state index contributed by atoms with van der Waals surface area (Å²) >= 11 is 0. The van der Waals surface area contributed by atoms with Crippen molar-refractivity contribution in [3.8, 4) is 0 Å². The number of fused-ring (bicyclic) bond motifs is 1. The zero-order valence-electron chi connectivity index (χ0n) is 13.9. The van der Waals surface area contributed by atoms with Gasteiger partial charge >= 0.3 is 5.97 Å². The molecule has 1 aromatic carbocycles. The fraction of sp³-hybridized carbons (Fsp3) is 0.438. The molecule has 9 heteroatoms. The number of carbonyl (C=O) groups excluding carboxylic acids is 2. The molecule has 0 radical (unpaired) electrons. The number of benzene rings is 1. The van der Waals surface area contributed by atoms with E-state index < -0.39 is 27.8 Å². The summed E-state index contributed by atoms with van der Waals surface area (Å²) < 4.78 is 28.4. The Morgan fingerprint density at radius 1 is 1.36 bits per heavy atom. The van der Waals surface area contributed by atoms with Gasteiger partial charge in [-0.1, -0.05) is 18.2 Å². The average molecular weight is 365 g/mol. The number of aromatic nitrogens is 2. The number of likely N-dealkylation sites (N-methyl/N-ethyl adjacent to an activating group) is 1. The summed E-state index contributed by atoms with van der Waals surface area (Å²) in [7, 11) is -1.57. The van der Waals surface area contributed by atoms with Gasteiger partial charge in [-0.2, -0.15) is 5.10 Å². The molecule has 1 fully saturated rings. The number of nitrogens with one attached hydrogen (secondary N) is 1. The largest absolute Gasteiger partial charge is 0.448 e. The molecule has 1 aliphatic heterocycles. The fourth-order valence-corrected chi connectivity index (χ4v) is 4.71. The third-order valence-electron chi connectivity index (χ3n) is 4.40. The average Bonchev–Trinajstić information content (AvgIpc) is 3.16. The van der Waals surface area contributed by atoms with Gasteiger partial charge < -0.3 is 9.64 Å². The van der Waals surface area contributed by atoms with E-state index in [4.69, 9.17) is 4.74 Å². The summed E-state index contributed by atoms with van der Waals surface area (Å²) in [6.07, 6.45) is -0.633. The van der Waals surface area contributed by atoms with Gasteiger partial charge in [0.2, 0.25) is 0 Å². The first kappa shape index (κ1) is 17.4. The Labute approximate surface area is 145 Å². The van der Waals surface area contributed by atoms with Crippen molar-refractivity contribution in [2.75, 3.05) is 18.6 Å². The van der Waals surface area contributed by atoms with E-state index in [2.05, 4.69) is 10.2 Å². The summed E-state index contributed by atoms with van der Waals surface area (Å²) in [5.41, 5.74) is 0.808. The Morgan fingerprint density at radius 2 is 2.08 bits per heavy atom. The topological polar surface area (TPSA) is 109 Å². The number of rotatable bonds is 4. The van der Waals surface area contributed by atoms with Gasteiger partial charge in [0, 0.05) is 18.5 Å². The summed E-state index contributed by atoms with van der Waals surface area (Å²) in [5.74, 6) is -1.12. The number of carbonyl (C=O) groups is 2. The van der Waals surface area contributed by atoms with Crippen LogP contribution in [0.2, 0.25) is 0 Å². The number of hydrogen-bond donors (Lipinski definition) is 1. The highest BCUT2D eigenvalue weighted by Gasteiger charge is 2.35. The maximum Gasteiger partial charge on any atom is 0.360 e. The number of amides is 1. The van der Waals surface area contributed by atoms with Crippen molar-refractivity contribution in [2.45, 2.75) is 25.5 Å². The lowest BCUT2D eigenvalue weighted by Crippen LogP contribution is -2.44. The highest BCUT2D eigenvalue weighted by molar-refractivity contribution is 7.91. The van der Waals surface area contributed by atoms with Gasteiger partial charge in [0.15, 0.2) is 21.6 Å². The predicted octanol–water partition coefficient (Wildman–Crippen LogP) is 0.754. The Kier molecular flexibility index (Phi) is 4.51. The number of esters is 1. The second-order valence-corrected chi connectivity index (χ2v) is 8.40. The number of hydrogen-bond acceptors (Lipinski definition) is 6. The Morgan fingerprint density at radius 3 is 2.76 bits per heavy atom. The molecule has 1 aromatic heterocycles. The van der Waals surface area contributed by atoms with Crippen molar-refractivity contribution in [3.05, 3.63) is 30.0 Å². The van der Waals surface area contributed by atoms with Crippen molar-refractivity contribution < 1.29 is 22.7 Å². The Hall–Kier alpha value is -2.42. The molecule has 25 heavy (non-hydrogen) atoms. The lowest BCUT2D eigenvalue weighted by atomic mass is 10.2. The molecule has 0 bridgehead atoms. The normalized spacial score (nSPS) is 20.3. The molecule has 1 saturated heterocycles. The van der Waals surface area contributed by atoms with Crippen molar-refractivity contribution in [3.63, 3.8) is 0 Å². The van der Waals surface area contributed by atoms with E-state index >= 15 is 0 Å². The van der Waals surface area contributed by atoms with Gasteiger partial charge in [-0.05, 0) is 19.4 Å². The first-order valence-electron chi connectivity index (χ1n) is 7.89. The Bertz CT molecular complexity index is 921. The molecule has 0 spiro atoms. The molecule has 1 amide bonds. The molecule has 2 heterocycles. The Balaban J connectivity index is 1.68. The van der Waals surface area contributed by atoms with E-state index in [-0.39, 0.29) is 23.2 Å². The number of H-pyrrole nitrogens is 1. The molecule has 2 aromatic rings. The number of para-hydroxylation sites is 1. The zero-order chi connectivity index (χ0) is 18.2. The first-order chi connectivity index (χ1) is 11.8. The van der Waals surface area contributed by atoms with Gasteiger partial charge in [0.05, 0.1) is 17.0 Å². The number of ether oxygens (including phenoxy) is 1. The molecule has 8 nitrogen and oxygen atoms in total. The smallest absolute Gasteiger partial charge is 0.360 e. The van der Waals surface area contributed by atoms with E-state index in [9.17, 15) is 18.0 Å². The SMILES string of the molecule is CC(OC(=O)c1n[nH]c2ccccc12)C(=O)N(C)C1CCS(=O)(=O)C1. The van der Waals surface area contributed by atoms with Crippen molar-refractivity contribution in [1.29, 1.82) is 0 Å². The minimum atomic E-state index is -3.10. The molecular formula is C16H19N3O5S. The molecule has 134 valence electrons. The van der Waals surface area contributed by atoms with Gasteiger partial charge in [0.1, 0.15) is 0 Å².